The van der Waals surface area contributed by atoms with Crippen molar-refractivity contribution < 1.29 is 19.1 Å². The van der Waals surface area contributed by atoms with E-state index in [1.54, 1.807) is 45.0 Å². The number of carbonyl (C=O) groups excluding carboxylic acids is 3. The van der Waals surface area contributed by atoms with Gasteiger partial charge in [0.2, 0.25) is 11.8 Å². The third kappa shape index (κ3) is 3.90. The molecule has 1 saturated heterocycles. The van der Waals surface area contributed by atoms with E-state index in [0.29, 0.717) is 18.4 Å². The van der Waals surface area contributed by atoms with Gasteiger partial charge in [0.15, 0.2) is 0 Å². The van der Waals surface area contributed by atoms with Crippen LogP contribution in [0, 0.1) is 0 Å². The molecule has 5 nitrogen and oxygen atoms in total. The Morgan fingerprint density at radius 1 is 1.29 bits per heavy atom. The Bertz CT molecular complexity index is 586. The van der Waals surface area contributed by atoms with Crippen molar-refractivity contribution >= 4 is 17.8 Å². The monoisotopic (exact) mass is 289 g/mol. The largest absolute Gasteiger partial charge is 0.456 e. The van der Waals surface area contributed by atoms with Gasteiger partial charge >= 0.3 is 5.97 Å². The maximum Gasteiger partial charge on any atom is 0.338 e. The van der Waals surface area contributed by atoms with Crippen molar-refractivity contribution in [3.63, 3.8) is 0 Å². The van der Waals surface area contributed by atoms with E-state index in [1.807, 2.05) is 0 Å². The van der Waals surface area contributed by atoms with Crippen LogP contribution in [0.4, 0.5) is 0 Å². The van der Waals surface area contributed by atoms with E-state index < -0.39 is 17.5 Å². The number of ether oxygens (including phenoxy) is 1. The summed E-state index contributed by atoms with van der Waals surface area (Å²) < 4.78 is 5.32. The van der Waals surface area contributed by atoms with Crippen LogP contribution >= 0.6 is 0 Å². The molecule has 1 aliphatic rings. The van der Waals surface area contributed by atoms with Gasteiger partial charge in [0.25, 0.3) is 0 Å². The molecule has 1 fully saturated rings. The van der Waals surface area contributed by atoms with Crippen LogP contribution in [0.3, 0.4) is 0 Å². The molecule has 0 radical (unpaired) electrons. The van der Waals surface area contributed by atoms with E-state index in [1.165, 1.54) is 0 Å². The topological polar surface area (TPSA) is 72.5 Å². The van der Waals surface area contributed by atoms with E-state index in [9.17, 15) is 14.4 Å². The fourth-order valence-corrected chi connectivity index (χ4v) is 2.23. The highest BCUT2D eigenvalue weighted by Gasteiger charge is 2.28. The van der Waals surface area contributed by atoms with E-state index in [-0.39, 0.29) is 11.8 Å². The number of amides is 2. The highest BCUT2D eigenvalue weighted by Crippen LogP contribution is 2.26. The second-order valence-electron chi connectivity index (χ2n) is 6.13. The standard InChI is InChI=1S/C16H19NO4/c1-16(2,3)21-15(20)11-6-4-5-10(9-11)12-7-8-13(18)17-14(12)19/h4-6,9,12H,7-8H2,1-3H3,(H,17,18,19). The minimum atomic E-state index is -0.568. The number of carbonyl (C=O) groups is 3. The number of hydrogen-bond donors (Lipinski definition) is 1. The van der Waals surface area contributed by atoms with Crippen molar-refractivity contribution in [3.8, 4) is 0 Å². The fraction of sp³-hybridized carbons (Fsp3) is 0.438. The molecule has 1 heterocycles. The molecule has 2 rings (SSSR count). The molecule has 0 saturated carbocycles. The lowest BCUT2D eigenvalue weighted by atomic mass is 9.89. The summed E-state index contributed by atoms with van der Waals surface area (Å²) in [7, 11) is 0. The lowest BCUT2D eigenvalue weighted by Crippen LogP contribution is -2.39. The van der Waals surface area contributed by atoms with E-state index in [0.717, 1.165) is 5.56 Å². The predicted molar refractivity (Wildman–Crippen MR) is 76.7 cm³/mol. The van der Waals surface area contributed by atoms with E-state index in [2.05, 4.69) is 5.32 Å². The molecule has 1 aliphatic heterocycles. The summed E-state index contributed by atoms with van der Waals surface area (Å²) in [6.45, 7) is 5.40. The number of piperidine rings is 1. The molecule has 1 unspecified atom stereocenters. The number of esters is 1. The summed E-state index contributed by atoms with van der Waals surface area (Å²) in [5.74, 6) is -1.38. The molecule has 0 bridgehead atoms. The number of hydrogen-bond acceptors (Lipinski definition) is 4. The van der Waals surface area contributed by atoms with Crippen molar-refractivity contribution in [2.75, 3.05) is 0 Å². The molecule has 0 spiro atoms. The molecule has 112 valence electrons. The number of benzene rings is 1. The van der Waals surface area contributed by atoms with Crippen LogP contribution in [0.5, 0.6) is 0 Å². The highest BCUT2D eigenvalue weighted by atomic mass is 16.6. The molecule has 0 aromatic heterocycles. The Morgan fingerprint density at radius 2 is 2.00 bits per heavy atom. The maximum absolute atomic E-state index is 12.1. The van der Waals surface area contributed by atoms with Crippen LogP contribution in [0.1, 0.15) is 55.5 Å². The average molecular weight is 289 g/mol. The van der Waals surface area contributed by atoms with Crippen LogP contribution in [-0.2, 0) is 14.3 Å². The summed E-state index contributed by atoms with van der Waals surface area (Å²) in [4.78, 5) is 35.1. The Balaban J connectivity index is 2.20. The minimum Gasteiger partial charge on any atom is -0.456 e. The molecule has 1 atom stereocenters. The van der Waals surface area contributed by atoms with Crippen molar-refractivity contribution in [3.05, 3.63) is 35.4 Å². The van der Waals surface area contributed by atoms with Crippen molar-refractivity contribution in [1.82, 2.24) is 5.32 Å². The van der Waals surface area contributed by atoms with Gasteiger partial charge in [0, 0.05) is 6.42 Å². The second kappa shape index (κ2) is 5.68. The van der Waals surface area contributed by atoms with E-state index >= 15 is 0 Å². The zero-order valence-corrected chi connectivity index (χ0v) is 12.4. The zero-order chi connectivity index (χ0) is 15.6. The van der Waals surface area contributed by atoms with Gasteiger partial charge in [-0.05, 0) is 44.9 Å². The normalized spacial score (nSPS) is 19.1. The Morgan fingerprint density at radius 3 is 2.62 bits per heavy atom. The van der Waals surface area contributed by atoms with E-state index in [4.69, 9.17) is 4.74 Å². The lowest BCUT2D eigenvalue weighted by molar-refractivity contribution is -0.134. The molecule has 2 amide bonds. The maximum atomic E-state index is 12.1. The summed E-state index contributed by atoms with van der Waals surface area (Å²) in [6.07, 6.45) is 0.773. The summed E-state index contributed by atoms with van der Waals surface area (Å²) in [5, 5.41) is 2.32. The van der Waals surface area contributed by atoms with Crippen molar-refractivity contribution in [2.24, 2.45) is 0 Å². The van der Waals surface area contributed by atoms with Crippen molar-refractivity contribution in [2.45, 2.75) is 45.1 Å². The van der Waals surface area contributed by atoms with Gasteiger partial charge in [-0.1, -0.05) is 12.1 Å². The van der Waals surface area contributed by atoms with Crippen molar-refractivity contribution in [1.29, 1.82) is 0 Å². The molecule has 1 aromatic rings. The van der Waals surface area contributed by atoms with Gasteiger partial charge < -0.3 is 4.74 Å². The molecule has 1 aromatic carbocycles. The first kappa shape index (κ1) is 15.2. The quantitative estimate of drug-likeness (QED) is 0.669. The molecule has 1 N–H and O–H groups in total. The van der Waals surface area contributed by atoms with Gasteiger partial charge in [0.05, 0.1) is 11.5 Å². The first-order valence-electron chi connectivity index (χ1n) is 6.93. The molecule has 0 aliphatic carbocycles. The van der Waals surface area contributed by atoms with Gasteiger partial charge in [-0.3, -0.25) is 14.9 Å². The first-order valence-corrected chi connectivity index (χ1v) is 6.93. The number of nitrogens with one attached hydrogen (secondary N) is 1. The minimum absolute atomic E-state index is 0.250. The number of rotatable bonds is 2. The van der Waals surface area contributed by atoms with Gasteiger partial charge in [0.1, 0.15) is 5.60 Å². The summed E-state index contributed by atoms with van der Waals surface area (Å²) >= 11 is 0. The summed E-state index contributed by atoms with van der Waals surface area (Å²) in [5.41, 5.74) is 0.567. The Labute approximate surface area is 123 Å². The molecule has 21 heavy (non-hydrogen) atoms. The zero-order valence-electron chi connectivity index (χ0n) is 12.4. The summed E-state index contributed by atoms with van der Waals surface area (Å²) in [6, 6.07) is 6.82. The van der Waals surface area contributed by atoms with Crippen LogP contribution < -0.4 is 5.32 Å². The average Bonchev–Trinajstić information content (AvgIpc) is 2.37. The second-order valence-corrected chi connectivity index (χ2v) is 6.13. The third-order valence-corrected chi connectivity index (χ3v) is 3.16. The fourth-order valence-electron chi connectivity index (χ4n) is 2.23. The first-order chi connectivity index (χ1) is 9.76. The smallest absolute Gasteiger partial charge is 0.338 e. The number of imide groups is 1. The Hall–Kier alpha value is -2.17. The lowest BCUT2D eigenvalue weighted by Gasteiger charge is -2.22. The van der Waals surface area contributed by atoms with Gasteiger partial charge in [-0.2, -0.15) is 0 Å². The van der Waals surface area contributed by atoms with Crippen LogP contribution in [0.25, 0.3) is 0 Å². The molecule has 5 heteroatoms. The van der Waals surface area contributed by atoms with Gasteiger partial charge in [-0.25, -0.2) is 4.79 Å². The molecular formula is C16H19NO4. The predicted octanol–water partition coefficient (Wildman–Crippen LogP) is 2.16. The SMILES string of the molecule is CC(C)(C)OC(=O)c1cccc(C2CCC(=O)NC2=O)c1. The highest BCUT2D eigenvalue weighted by molar-refractivity contribution is 6.01. The van der Waals surface area contributed by atoms with Crippen LogP contribution in [0.2, 0.25) is 0 Å². The Kier molecular flexibility index (Phi) is 4.11. The van der Waals surface area contributed by atoms with Crippen LogP contribution in [-0.4, -0.2) is 23.4 Å². The van der Waals surface area contributed by atoms with Crippen LogP contribution in [0.15, 0.2) is 24.3 Å². The molecular weight excluding hydrogens is 270 g/mol. The van der Waals surface area contributed by atoms with Gasteiger partial charge in [-0.15, -0.1) is 0 Å². The third-order valence-electron chi connectivity index (χ3n) is 3.16.